The molecule has 0 fully saturated rings. The van der Waals surface area contributed by atoms with Gasteiger partial charge < -0.3 is 15.8 Å². The van der Waals surface area contributed by atoms with Gasteiger partial charge in [0.15, 0.2) is 5.13 Å². The molecule has 0 spiro atoms. The monoisotopic (exact) mass is 316 g/mol. The zero-order valence-corrected chi connectivity index (χ0v) is 12.8. The van der Waals surface area contributed by atoms with Crippen molar-refractivity contribution in [3.63, 3.8) is 0 Å². The predicted molar refractivity (Wildman–Crippen MR) is 89.6 cm³/mol. The number of thiocarbonyl (C=S) groups is 1. The first-order valence-electron chi connectivity index (χ1n) is 6.13. The summed E-state index contributed by atoms with van der Waals surface area (Å²) in [5.41, 5.74) is 7.20. The average Bonchev–Trinajstić information content (AvgIpc) is 2.88. The number of aromatic nitrogens is 2. The largest absolute Gasteiger partial charge is 0.497 e. The fourth-order valence-corrected chi connectivity index (χ4v) is 2.83. The Morgan fingerprint density at radius 2 is 2.19 bits per heavy atom. The number of pyridine rings is 1. The van der Waals surface area contributed by atoms with E-state index in [4.69, 9.17) is 22.7 Å². The van der Waals surface area contributed by atoms with Gasteiger partial charge in [-0.3, -0.25) is 0 Å². The third-order valence-corrected chi connectivity index (χ3v) is 4.05. The van der Waals surface area contributed by atoms with Crippen molar-refractivity contribution in [3.05, 3.63) is 42.1 Å². The lowest BCUT2D eigenvalue weighted by Gasteiger charge is -2.02. The van der Waals surface area contributed by atoms with Crippen LogP contribution < -0.4 is 15.8 Å². The van der Waals surface area contributed by atoms with E-state index in [-0.39, 0.29) is 0 Å². The number of nitrogens with one attached hydrogen (secondary N) is 1. The van der Waals surface area contributed by atoms with Crippen molar-refractivity contribution >= 4 is 49.7 Å². The predicted octanol–water partition coefficient (Wildman–Crippen LogP) is 3.08. The Balaban J connectivity index is 1.85. The van der Waals surface area contributed by atoms with Gasteiger partial charge in [-0.05, 0) is 30.3 Å². The summed E-state index contributed by atoms with van der Waals surface area (Å²) in [4.78, 5) is 9.10. The van der Waals surface area contributed by atoms with Crippen LogP contribution in [0.1, 0.15) is 5.56 Å². The van der Waals surface area contributed by atoms with E-state index < -0.39 is 0 Å². The second kappa shape index (κ2) is 5.63. The molecule has 3 N–H and O–H groups in total. The van der Waals surface area contributed by atoms with Crippen LogP contribution in [0.4, 0.5) is 10.9 Å². The molecule has 0 saturated carbocycles. The molecule has 7 heteroatoms. The first-order valence-corrected chi connectivity index (χ1v) is 7.35. The van der Waals surface area contributed by atoms with Gasteiger partial charge in [0.25, 0.3) is 0 Å². The summed E-state index contributed by atoms with van der Waals surface area (Å²) in [6, 6.07) is 9.43. The van der Waals surface area contributed by atoms with Gasteiger partial charge >= 0.3 is 0 Å². The number of rotatable bonds is 4. The first-order chi connectivity index (χ1) is 10.2. The van der Waals surface area contributed by atoms with E-state index in [0.717, 1.165) is 26.7 Å². The van der Waals surface area contributed by atoms with Crippen LogP contribution in [0.5, 0.6) is 5.75 Å². The number of benzene rings is 1. The van der Waals surface area contributed by atoms with Crippen molar-refractivity contribution < 1.29 is 4.74 Å². The van der Waals surface area contributed by atoms with E-state index in [9.17, 15) is 0 Å². The molecule has 5 nitrogen and oxygen atoms in total. The number of hydrogen-bond donors (Lipinski definition) is 2. The normalized spacial score (nSPS) is 10.5. The van der Waals surface area contributed by atoms with Crippen molar-refractivity contribution in [1.29, 1.82) is 0 Å². The van der Waals surface area contributed by atoms with Gasteiger partial charge in [-0.1, -0.05) is 23.6 Å². The van der Waals surface area contributed by atoms with Crippen LogP contribution in [-0.2, 0) is 0 Å². The third-order valence-electron chi connectivity index (χ3n) is 2.88. The van der Waals surface area contributed by atoms with E-state index in [0.29, 0.717) is 10.8 Å². The molecule has 0 unspecified atom stereocenters. The Morgan fingerprint density at radius 1 is 1.33 bits per heavy atom. The van der Waals surface area contributed by atoms with E-state index >= 15 is 0 Å². The van der Waals surface area contributed by atoms with E-state index in [1.54, 1.807) is 13.3 Å². The number of nitrogens with two attached hydrogens (primary N) is 1. The van der Waals surface area contributed by atoms with Crippen molar-refractivity contribution in [3.8, 4) is 5.75 Å². The molecule has 3 rings (SSSR count). The molecule has 0 radical (unpaired) electrons. The molecule has 1 aromatic carbocycles. The summed E-state index contributed by atoms with van der Waals surface area (Å²) in [5.74, 6) is 1.51. The Bertz CT molecular complexity index is 798. The maximum atomic E-state index is 5.54. The first kappa shape index (κ1) is 13.7. The molecule has 0 aliphatic rings. The smallest absolute Gasteiger partial charge is 0.189 e. The zero-order chi connectivity index (χ0) is 14.8. The van der Waals surface area contributed by atoms with Gasteiger partial charge in [0.1, 0.15) is 16.6 Å². The molecule has 0 amide bonds. The minimum Gasteiger partial charge on any atom is -0.497 e. The van der Waals surface area contributed by atoms with Crippen molar-refractivity contribution in [1.82, 2.24) is 9.97 Å². The maximum Gasteiger partial charge on any atom is 0.189 e. The van der Waals surface area contributed by atoms with E-state index in [1.807, 2.05) is 30.3 Å². The average molecular weight is 316 g/mol. The maximum absolute atomic E-state index is 5.54. The fraction of sp³-hybridized carbons (Fsp3) is 0.0714. The van der Waals surface area contributed by atoms with Crippen molar-refractivity contribution in [2.45, 2.75) is 0 Å². The number of nitrogens with zero attached hydrogens (tertiary/aromatic N) is 2. The zero-order valence-electron chi connectivity index (χ0n) is 11.2. The molecule has 3 aromatic rings. The summed E-state index contributed by atoms with van der Waals surface area (Å²) >= 11 is 6.44. The van der Waals surface area contributed by atoms with Crippen LogP contribution in [0, 0.1) is 0 Å². The van der Waals surface area contributed by atoms with Gasteiger partial charge in [0, 0.05) is 11.8 Å². The van der Waals surface area contributed by atoms with Gasteiger partial charge in [-0.25, -0.2) is 9.97 Å². The van der Waals surface area contributed by atoms with Gasteiger partial charge in [-0.2, -0.15) is 0 Å². The molecular weight excluding hydrogens is 304 g/mol. The van der Waals surface area contributed by atoms with Crippen LogP contribution >= 0.6 is 23.6 Å². The molecule has 2 aromatic heterocycles. The summed E-state index contributed by atoms with van der Waals surface area (Å²) in [6.45, 7) is 0. The van der Waals surface area contributed by atoms with Crippen LogP contribution in [0.15, 0.2) is 36.5 Å². The molecule has 0 aliphatic carbocycles. The van der Waals surface area contributed by atoms with E-state index in [2.05, 4.69) is 15.3 Å². The van der Waals surface area contributed by atoms with Crippen LogP contribution in [0.2, 0.25) is 0 Å². The molecule has 0 atom stereocenters. The van der Waals surface area contributed by atoms with Crippen LogP contribution in [0.3, 0.4) is 0 Å². The van der Waals surface area contributed by atoms with Gasteiger partial charge in [0.05, 0.1) is 17.3 Å². The topological polar surface area (TPSA) is 73.1 Å². The quantitative estimate of drug-likeness (QED) is 0.721. The number of hydrogen-bond acceptors (Lipinski definition) is 6. The van der Waals surface area contributed by atoms with Crippen LogP contribution in [-0.4, -0.2) is 22.1 Å². The highest BCUT2D eigenvalue weighted by Crippen LogP contribution is 2.30. The summed E-state index contributed by atoms with van der Waals surface area (Å²) in [7, 11) is 1.65. The van der Waals surface area contributed by atoms with Gasteiger partial charge in [-0.15, -0.1) is 0 Å². The standard InChI is InChI=1S/C14H12N4OS2/c1-19-9-3-4-10-11(6-9)21-14(17-10)18-12-5-2-8(7-16-12)13(15)20/h2-7H,1H3,(H2,15,20)(H,16,17,18). The number of ether oxygens (including phenoxy) is 1. The minimum atomic E-state index is 0.334. The SMILES string of the molecule is COc1ccc2nc(Nc3ccc(C(N)=S)cn3)sc2c1. The number of fused-ring (bicyclic) bond motifs is 1. The molecule has 0 bridgehead atoms. The second-order valence-electron chi connectivity index (χ2n) is 4.27. The van der Waals surface area contributed by atoms with Gasteiger partial charge in [0.2, 0.25) is 0 Å². The lowest BCUT2D eigenvalue weighted by atomic mass is 10.3. The minimum absolute atomic E-state index is 0.334. The molecule has 0 aliphatic heterocycles. The Hall–Kier alpha value is -2.25. The molecular formula is C14H12N4OS2. The highest BCUT2D eigenvalue weighted by molar-refractivity contribution is 7.80. The fourth-order valence-electron chi connectivity index (χ4n) is 1.81. The highest BCUT2D eigenvalue weighted by Gasteiger charge is 2.06. The highest BCUT2D eigenvalue weighted by atomic mass is 32.1. The van der Waals surface area contributed by atoms with E-state index in [1.165, 1.54) is 11.3 Å². The summed E-state index contributed by atoms with van der Waals surface area (Å²) in [6.07, 6.45) is 1.64. The number of anilines is 2. The lowest BCUT2D eigenvalue weighted by molar-refractivity contribution is 0.415. The van der Waals surface area contributed by atoms with Crippen molar-refractivity contribution in [2.75, 3.05) is 12.4 Å². The number of methoxy groups -OCH3 is 1. The molecule has 2 heterocycles. The Kier molecular flexibility index (Phi) is 3.68. The summed E-state index contributed by atoms with van der Waals surface area (Å²) < 4.78 is 6.26. The molecule has 0 saturated heterocycles. The molecule has 21 heavy (non-hydrogen) atoms. The van der Waals surface area contributed by atoms with Crippen molar-refractivity contribution in [2.24, 2.45) is 5.73 Å². The molecule has 106 valence electrons. The Morgan fingerprint density at radius 3 is 2.86 bits per heavy atom. The Labute approximate surface area is 130 Å². The lowest BCUT2D eigenvalue weighted by Crippen LogP contribution is -2.09. The number of thiazole rings is 1. The van der Waals surface area contributed by atoms with Crippen LogP contribution in [0.25, 0.3) is 10.2 Å². The second-order valence-corrected chi connectivity index (χ2v) is 5.74. The third kappa shape index (κ3) is 2.93. The summed E-state index contributed by atoms with van der Waals surface area (Å²) in [5, 5.41) is 3.94.